The maximum absolute atomic E-state index is 12.7. The van der Waals surface area contributed by atoms with Gasteiger partial charge in [0.25, 0.3) is 5.91 Å². The van der Waals surface area contributed by atoms with E-state index in [0.717, 1.165) is 21.9 Å². The Hall–Kier alpha value is -2.42. The molecule has 4 rings (SSSR count). The molecule has 0 aliphatic rings. The highest BCUT2D eigenvalue weighted by Gasteiger charge is 2.20. The van der Waals surface area contributed by atoms with E-state index in [1.54, 1.807) is 10.6 Å². The number of aromatic nitrogens is 3. The van der Waals surface area contributed by atoms with Crippen LogP contribution < -0.4 is 10.1 Å². The molecule has 0 radical (unpaired) electrons. The molecule has 9 heteroatoms. The fraction of sp³-hybridized carbons (Fsp3) is 0.167. The zero-order chi connectivity index (χ0) is 19.0. The van der Waals surface area contributed by atoms with Gasteiger partial charge >= 0.3 is 0 Å². The van der Waals surface area contributed by atoms with Crippen molar-refractivity contribution < 1.29 is 9.53 Å². The van der Waals surface area contributed by atoms with Gasteiger partial charge in [-0.25, -0.2) is 9.97 Å². The van der Waals surface area contributed by atoms with Crippen LogP contribution in [0.15, 0.2) is 35.8 Å². The number of nitrogens with zero attached hydrogens (tertiary/aromatic N) is 3. The number of hydrogen-bond acceptors (Lipinski definition) is 6. The fourth-order valence-electron chi connectivity index (χ4n) is 2.71. The van der Waals surface area contributed by atoms with E-state index in [-0.39, 0.29) is 11.1 Å². The minimum atomic E-state index is -0.335. The van der Waals surface area contributed by atoms with Crippen molar-refractivity contribution in [3.8, 4) is 17.0 Å². The predicted octanol–water partition coefficient (Wildman–Crippen LogP) is 5.13. The van der Waals surface area contributed by atoms with E-state index in [1.165, 1.54) is 22.7 Å². The third-order valence-electron chi connectivity index (χ3n) is 3.89. The van der Waals surface area contributed by atoms with Crippen molar-refractivity contribution in [2.75, 3.05) is 11.9 Å². The first-order valence-electron chi connectivity index (χ1n) is 8.20. The second-order valence-corrected chi connectivity index (χ2v) is 8.08. The fourth-order valence-corrected chi connectivity index (χ4v) is 4.56. The topological polar surface area (TPSA) is 68.5 Å². The SMILES string of the molecule is CCOc1ccc(-c2nc(NC(=O)c3c(Cl)nc4sccn34)sc2C)cc1. The van der Waals surface area contributed by atoms with Crippen molar-refractivity contribution in [3.05, 3.63) is 51.6 Å². The zero-order valence-electron chi connectivity index (χ0n) is 14.5. The monoisotopic (exact) mass is 418 g/mol. The molecule has 27 heavy (non-hydrogen) atoms. The number of fused-ring (bicyclic) bond motifs is 1. The van der Waals surface area contributed by atoms with Crippen molar-refractivity contribution in [1.29, 1.82) is 0 Å². The number of carbonyl (C=O) groups is 1. The summed E-state index contributed by atoms with van der Waals surface area (Å²) >= 11 is 8.96. The summed E-state index contributed by atoms with van der Waals surface area (Å²) in [6.07, 6.45) is 1.77. The highest BCUT2D eigenvalue weighted by molar-refractivity contribution is 7.16. The number of anilines is 1. The van der Waals surface area contributed by atoms with Gasteiger partial charge in [0, 0.05) is 22.0 Å². The van der Waals surface area contributed by atoms with Gasteiger partial charge in [-0.1, -0.05) is 11.6 Å². The summed E-state index contributed by atoms with van der Waals surface area (Å²) in [4.78, 5) is 23.1. The number of rotatable bonds is 5. The average Bonchev–Trinajstić information content (AvgIpc) is 3.30. The van der Waals surface area contributed by atoms with Gasteiger partial charge in [0.2, 0.25) is 0 Å². The van der Waals surface area contributed by atoms with Gasteiger partial charge in [-0.15, -0.1) is 22.7 Å². The summed E-state index contributed by atoms with van der Waals surface area (Å²) < 4.78 is 7.15. The van der Waals surface area contributed by atoms with Crippen molar-refractivity contribution >= 4 is 50.3 Å². The van der Waals surface area contributed by atoms with Gasteiger partial charge in [0.05, 0.1) is 12.3 Å². The van der Waals surface area contributed by atoms with Crippen LogP contribution in [0.3, 0.4) is 0 Å². The van der Waals surface area contributed by atoms with Gasteiger partial charge in [-0.05, 0) is 38.1 Å². The number of thiazole rings is 2. The molecule has 0 saturated heterocycles. The normalized spacial score (nSPS) is 11.1. The van der Waals surface area contributed by atoms with Gasteiger partial charge in [-0.3, -0.25) is 14.5 Å². The molecular formula is C18H15ClN4O2S2. The zero-order valence-corrected chi connectivity index (χ0v) is 16.9. The standard InChI is InChI=1S/C18H15ClN4O2S2/c1-3-25-12-6-4-11(5-7-12)13-10(2)27-17(20-13)22-16(24)14-15(19)21-18-23(14)8-9-26-18/h4-9H,3H2,1-2H3,(H,20,22,24). The Morgan fingerprint density at radius 1 is 1.30 bits per heavy atom. The highest BCUT2D eigenvalue weighted by atomic mass is 35.5. The van der Waals surface area contributed by atoms with Crippen LogP contribution in [0.5, 0.6) is 5.75 Å². The van der Waals surface area contributed by atoms with E-state index in [1.807, 2.05) is 43.5 Å². The van der Waals surface area contributed by atoms with Crippen LogP contribution in [0.4, 0.5) is 5.13 Å². The van der Waals surface area contributed by atoms with Crippen LogP contribution >= 0.6 is 34.3 Å². The first-order valence-corrected chi connectivity index (χ1v) is 10.3. The van der Waals surface area contributed by atoms with Gasteiger partial charge in [-0.2, -0.15) is 0 Å². The maximum Gasteiger partial charge on any atom is 0.277 e. The Balaban J connectivity index is 1.59. The lowest BCUT2D eigenvalue weighted by Crippen LogP contribution is -2.14. The summed E-state index contributed by atoms with van der Waals surface area (Å²) in [7, 11) is 0. The molecular weight excluding hydrogens is 404 g/mol. The van der Waals surface area contributed by atoms with E-state index in [4.69, 9.17) is 16.3 Å². The Morgan fingerprint density at radius 2 is 2.07 bits per heavy atom. The predicted molar refractivity (Wildman–Crippen MR) is 109 cm³/mol. The average molecular weight is 419 g/mol. The first kappa shape index (κ1) is 18.0. The minimum Gasteiger partial charge on any atom is -0.494 e. The lowest BCUT2D eigenvalue weighted by molar-refractivity contribution is 0.102. The van der Waals surface area contributed by atoms with E-state index < -0.39 is 0 Å². The molecule has 138 valence electrons. The second-order valence-electron chi connectivity index (χ2n) is 5.64. The molecule has 4 aromatic rings. The van der Waals surface area contributed by atoms with Crippen LogP contribution in [0, 0.1) is 6.92 Å². The molecule has 0 spiro atoms. The third kappa shape index (κ3) is 3.43. The molecule has 0 fully saturated rings. The van der Waals surface area contributed by atoms with Crippen LogP contribution in [0.2, 0.25) is 5.15 Å². The van der Waals surface area contributed by atoms with E-state index in [0.29, 0.717) is 22.4 Å². The molecule has 3 aromatic heterocycles. The summed E-state index contributed by atoms with van der Waals surface area (Å²) in [5.41, 5.74) is 2.11. The maximum atomic E-state index is 12.7. The minimum absolute atomic E-state index is 0.180. The second kappa shape index (κ2) is 7.30. The van der Waals surface area contributed by atoms with Crippen LogP contribution in [0.25, 0.3) is 16.2 Å². The number of benzene rings is 1. The first-order chi connectivity index (χ1) is 13.1. The van der Waals surface area contributed by atoms with E-state index >= 15 is 0 Å². The largest absolute Gasteiger partial charge is 0.494 e. The summed E-state index contributed by atoms with van der Waals surface area (Å²) in [6, 6.07) is 7.74. The molecule has 1 aromatic carbocycles. The lowest BCUT2D eigenvalue weighted by Gasteiger charge is -2.04. The Kier molecular flexibility index (Phi) is 4.86. The third-order valence-corrected chi connectivity index (χ3v) is 5.80. The van der Waals surface area contributed by atoms with Crippen LogP contribution in [0.1, 0.15) is 22.3 Å². The number of aryl methyl sites for hydroxylation is 1. The molecule has 0 unspecified atom stereocenters. The molecule has 0 atom stereocenters. The number of ether oxygens (including phenoxy) is 1. The van der Waals surface area contributed by atoms with E-state index in [9.17, 15) is 4.79 Å². The summed E-state index contributed by atoms with van der Waals surface area (Å²) in [5, 5.41) is 5.38. The van der Waals surface area contributed by atoms with Crippen LogP contribution in [-0.4, -0.2) is 26.9 Å². The van der Waals surface area contributed by atoms with Crippen molar-refractivity contribution in [3.63, 3.8) is 0 Å². The molecule has 0 aliphatic heterocycles. The lowest BCUT2D eigenvalue weighted by atomic mass is 10.1. The molecule has 1 amide bonds. The summed E-state index contributed by atoms with van der Waals surface area (Å²) in [5.74, 6) is 0.482. The van der Waals surface area contributed by atoms with Gasteiger partial charge in [0.1, 0.15) is 5.75 Å². The number of carbonyl (C=O) groups excluding carboxylic acids is 1. The van der Waals surface area contributed by atoms with E-state index in [2.05, 4.69) is 15.3 Å². The quantitative estimate of drug-likeness (QED) is 0.487. The number of amides is 1. The van der Waals surface area contributed by atoms with Gasteiger partial charge in [0.15, 0.2) is 20.9 Å². The van der Waals surface area contributed by atoms with Crippen molar-refractivity contribution in [2.45, 2.75) is 13.8 Å². The Morgan fingerprint density at radius 3 is 2.81 bits per heavy atom. The smallest absolute Gasteiger partial charge is 0.277 e. The molecule has 0 saturated carbocycles. The number of imidazole rings is 1. The number of hydrogen-bond donors (Lipinski definition) is 1. The highest BCUT2D eigenvalue weighted by Crippen LogP contribution is 2.32. The van der Waals surface area contributed by atoms with Gasteiger partial charge < -0.3 is 4.74 Å². The summed E-state index contributed by atoms with van der Waals surface area (Å²) in [6.45, 7) is 4.55. The molecule has 0 aliphatic carbocycles. The molecule has 6 nitrogen and oxygen atoms in total. The van der Waals surface area contributed by atoms with Crippen LogP contribution in [-0.2, 0) is 0 Å². The Bertz CT molecular complexity index is 1110. The molecule has 0 bridgehead atoms. The number of nitrogens with one attached hydrogen (secondary N) is 1. The Labute approximate surface area is 168 Å². The van der Waals surface area contributed by atoms with Crippen molar-refractivity contribution in [1.82, 2.24) is 14.4 Å². The molecule has 3 heterocycles. The van der Waals surface area contributed by atoms with Crippen molar-refractivity contribution in [2.24, 2.45) is 0 Å². The number of halogens is 1. The molecule has 1 N–H and O–H groups in total.